The highest BCUT2D eigenvalue weighted by molar-refractivity contribution is 5.65. The van der Waals surface area contributed by atoms with Crippen LogP contribution in [-0.2, 0) is 0 Å². The van der Waals surface area contributed by atoms with Gasteiger partial charge in [0, 0.05) is 26.2 Å². The molecule has 0 amide bonds. The fourth-order valence-electron chi connectivity index (χ4n) is 2.51. The quantitative estimate of drug-likeness (QED) is 0.804. The van der Waals surface area contributed by atoms with Crippen LogP contribution in [0.3, 0.4) is 0 Å². The molecule has 2 heterocycles. The zero-order valence-corrected chi connectivity index (χ0v) is 11.6. The zero-order chi connectivity index (χ0) is 13.7. The molecule has 0 aliphatic carbocycles. The average Bonchev–Trinajstić information content (AvgIpc) is 2.88. The van der Waals surface area contributed by atoms with Gasteiger partial charge in [0.25, 0.3) is 0 Å². The van der Waals surface area contributed by atoms with Gasteiger partial charge in [-0.15, -0.1) is 0 Å². The number of hydrogen-bond acceptors (Lipinski definition) is 6. The maximum absolute atomic E-state index is 9.02. The third kappa shape index (κ3) is 3.07. The first-order valence-corrected chi connectivity index (χ1v) is 6.78. The summed E-state index contributed by atoms with van der Waals surface area (Å²) in [6.07, 6.45) is 3.50. The smallest absolute Gasteiger partial charge is 0.204 e. The largest absolute Gasteiger partial charge is 0.490 e. The van der Waals surface area contributed by atoms with Crippen LogP contribution in [0.2, 0.25) is 0 Å². The highest BCUT2D eigenvalue weighted by atomic mass is 16.5. The maximum Gasteiger partial charge on any atom is 0.204 e. The van der Waals surface area contributed by atoms with E-state index in [0.29, 0.717) is 11.7 Å². The monoisotopic (exact) mass is 266 g/mol. The molecular weight excluding hydrogens is 244 g/mol. The molecule has 106 valence electrons. The van der Waals surface area contributed by atoms with E-state index in [1.807, 2.05) is 6.92 Å². The first-order valence-electron chi connectivity index (χ1n) is 6.78. The second kappa shape index (κ2) is 6.56. The molecule has 0 saturated carbocycles. The first-order chi connectivity index (χ1) is 9.30. The number of nitrogens with zero attached hydrogens (tertiary/aromatic N) is 3. The van der Waals surface area contributed by atoms with Gasteiger partial charge in [-0.3, -0.25) is 0 Å². The van der Waals surface area contributed by atoms with Gasteiger partial charge in [0.05, 0.1) is 7.11 Å². The fourth-order valence-corrected chi connectivity index (χ4v) is 2.51. The van der Waals surface area contributed by atoms with Crippen molar-refractivity contribution < 1.29 is 9.84 Å². The molecule has 1 unspecified atom stereocenters. The molecule has 1 aromatic rings. The van der Waals surface area contributed by atoms with Crippen LogP contribution in [0.15, 0.2) is 6.33 Å². The molecule has 2 N–H and O–H groups in total. The van der Waals surface area contributed by atoms with Gasteiger partial charge in [0.1, 0.15) is 6.33 Å². The lowest BCUT2D eigenvalue weighted by Gasteiger charge is -2.21. The highest BCUT2D eigenvalue weighted by Crippen LogP contribution is 2.35. The van der Waals surface area contributed by atoms with E-state index in [0.717, 1.165) is 44.1 Å². The Morgan fingerprint density at radius 1 is 1.53 bits per heavy atom. The lowest BCUT2D eigenvalue weighted by atomic mass is 10.1. The molecule has 2 rings (SSSR count). The Morgan fingerprint density at radius 2 is 2.37 bits per heavy atom. The van der Waals surface area contributed by atoms with E-state index in [2.05, 4.69) is 20.2 Å². The number of methoxy groups -OCH3 is 1. The number of anilines is 2. The summed E-state index contributed by atoms with van der Waals surface area (Å²) in [6, 6.07) is 0. The average molecular weight is 266 g/mol. The second-order valence-electron chi connectivity index (χ2n) is 4.72. The summed E-state index contributed by atoms with van der Waals surface area (Å²) in [6.45, 7) is 4.93. The fraction of sp³-hybridized carbons (Fsp3) is 0.692. The van der Waals surface area contributed by atoms with E-state index < -0.39 is 0 Å². The normalized spacial score (nSPS) is 18.7. The van der Waals surface area contributed by atoms with Crippen molar-refractivity contribution in [2.45, 2.75) is 19.8 Å². The minimum atomic E-state index is 0.252. The Labute approximate surface area is 113 Å². The summed E-state index contributed by atoms with van der Waals surface area (Å²) in [7, 11) is 1.64. The lowest BCUT2D eigenvalue weighted by Crippen LogP contribution is -2.22. The first kappa shape index (κ1) is 13.9. The summed E-state index contributed by atoms with van der Waals surface area (Å²) in [5.41, 5.74) is 0. The highest BCUT2D eigenvalue weighted by Gasteiger charge is 2.26. The molecule has 0 aromatic carbocycles. The number of hydrogen-bond donors (Lipinski definition) is 2. The number of aliphatic hydroxyl groups is 1. The molecule has 0 spiro atoms. The van der Waals surface area contributed by atoms with E-state index in [9.17, 15) is 0 Å². The SMILES string of the molecule is CCNc1ncnc(N2CCC(CCO)C2)c1OC. The van der Waals surface area contributed by atoms with Crippen molar-refractivity contribution in [3.05, 3.63) is 6.33 Å². The minimum absolute atomic E-state index is 0.252. The standard InChI is InChI=1S/C13H22N4O2/c1-3-14-12-11(19-2)13(16-9-15-12)17-6-4-10(8-17)5-7-18/h9-10,18H,3-8H2,1-2H3,(H,14,15,16). The molecule has 1 fully saturated rings. The van der Waals surface area contributed by atoms with Gasteiger partial charge in [0.2, 0.25) is 5.75 Å². The van der Waals surface area contributed by atoms with Crippen molar-refractivity contribution in [3.63, 3.8) is 0 Å². The number of aliphatic hydroxyl groups excluding tert-OH is 1. The van der Waals surface area contributed by atoms with Crippen LogP contribution in [0.25, 0.3) is 0 Å². The van der Waals surface area contributed by atoms with E-state index >= 15 is 0 Å². The van der Waals surface area contributed by atoms with Crippen molar-refractivity contribution in [2.24, 2.45) is 5.92 Å². The predicted octanol–water partition coefficient (Wildman–Crippen LogP) is 1.13. The van der Waals surface area contributed by atoms with Crippen molar-refractivity contribution in [2.75, 3.05) is 43.6 Å². The summed E-state index contributed by atoms with van der Waals surface area (Å²) in [4.78, 5) is 10.8. The van der Waals surface area contributed by atoms with Gasteiger partial charge < -0.3 is 20.1 Å². The van der Waals surface area contributed by atoms with Gasteiger partial charge >= 0.3 is 0 Å². The summed E-state index contributed by atoms with van der Waals surface area (Å²) in [5.74, 6) is 2.82. The van der Waals surface area contributed by atoms with Crippen molar-refractivity contribution in [3.8, 4) is 5.75 Å². The molecule has 1 aliphatic rings. The Kier molecular flexibility index (Phi) is 4.79. The van der Waals surface area contributed by atoms with Gasteiger partial charge in [-0.25, -0.2) is 9.97 Å². The summed E-state index contributed by atoms with van der Waals surface area (Å²) >= 11 is 0. The van der Waals surface area contributed by atoms with Gasteiger partial charge in [-0.2, -0.15) is 0 Å². The molecule has 1 aliphatic heterocycles. The van der Waals surface area contributed by atoms with Crippen LogP contribution in [0.1, 0.15) is 19.8 Å². The Morgan fingerprint density at radius 3 is 3.05 bits per heavy atom. The van der Waals surface area contributed by atoms with Gasteiger partial charge in [0.15, 0.2) is 11.6 Å². The molecule has 6 nitrogen and oxygen atoms in total. The third-order valence-electron chi connectivity index (χ3n) is 3.46. The summed E-state index contributed by atoms with van der Waals surface area (Å²) in [5, 5.41) is 12.2. The number of aromatic nitrogens is 2. The lowest BCUT2D eigenvalue weighted by molar-refractivity contribution is 0.263. The van der Waals surface area contributed by atoms with Gasteiger partial charge in [-0.05, 0) is 25.7 Å². The van der Waals surface area contributed by atoms with Crippen molar-refractivity contribution in [1.29, 1.82) is 0 Å². The Bertz CT molecular complexity index is 414. The van der Waals surface area contributed by atoms with Crippen LogP contribution in [-0.4, -0.2) is 48.4 Å². The van der Waals surface area contributed by atoms with E-state index in [4.69, 9.17) is 9.84 Å². The molecule has 0 radical (unpaired) electrons. The van der Waals surface area contributed by atoms with Crippen molar-refractivity contribution in [1.82, 2.24) is 9.97 Å². The number of ether oxygens (including phenoxy) is 1. The van der Waals surface area contributed by atoms with E-state index in [-0.39, 0.29) is 6.61 Å². The second-order valence-corrected chi connectivity index (χ2v) is 4.72. The molecule has 1 aromatic heterocycles. The zero-order valence-electron chi connectivity index (χ0n) is 11.6. The van der Waals surface area contributed by atoms with Crippen molar-refractivity contribution >= 4 is 11.6 Å². The molecule has 6 heteroatoms. The third-order valence-corrected chi connectivity index (χ3v) is 3.46. The number of rotatable bonds is 6. The Balaban J connectivity index is 2.18. The Hall–Kier alpha value is -1.56. The topological polar surface area (TPSA) is 70.5 Å². The van der Waals surface area contributed by atoms with Crippen LogP contribution in [0.5, 0.6) is 5.75 Å². The molecule has 1 saturated heterocycles. The van der Waals surface area contributed by atoms with E-state index in [1.54, 1.807) is 13.4 Å². The van der Waals surface area contributed by atoms with Gasteiger partial charge in [-0.1, -0.05) is 0 Å². The van der Waals surface area contributed by atoms with Crippen LogP contribution in [0.4, 0.5) is 11.6 Å². The van der Waals surface area contributed by atoms with Crippen LogP contribution >= 0.6 is 0 Å². The van der Waals surface area contributed by atoms with Crippen LogP contribution < -0.4 is 15.0 Å². The molecule has 19 heavy (non-hydrogen) atoms. The molecular formula is C13H22N4O2. The predicted molar refractivity (Wildman–Crippen MR) is 74.8 cm³/mol. The molecule has 0 bridgehead atoms. The molecule has 1 atom stereocenters. The minimum Gasteiger partial charge on any atom is -0.490 e. The van der Waals surface area contributed by atoms with Crippen LogP contribution in [0, 0.1) is 5.92 Å². The van der Waals surface area contributed by atoms with E-state index in [1.165, 1.54) is 0 Å². The number of nitrogens with one attached hydrogen (secondary N) is 1. The summed E-state index contributed by atoms with van der Waals surface area (Å²) < 4.78 is 5.46. The maximum atomic E-state index is 9.02.